The molecule has 82 valence electrons. The summed E-state index contributed by atoms with van der Waals surface area (Å²) in [6.45, 7) is 1.97. The van der Waals surface area contributed by atoms with Crippen LogP contribution in [-0.2, 0) is 6.42 Å². The van der Waals surface area contributed by atoms with Gasteiger partial charge in [-0.15, -0.1) is 0 Å². The van der Waals surface area contributed by atoms with Gasteiger partial charge in [0.2, 0.25) is 0 Å². The molecule has 0 saturated heterocycles. The van der Waals surface area contributed by atoms with Crippen molar-refractivity contribution >= 4 is 0 Å². The van der Waals surface area contributed by atoms with E-state index in [1.165, 1.54) is 5.56 Å². The number of hydrogen-bond donors (Lipinski definition) is 1. The van der Waals surface area contributed by atoms with Gasteiger partial charge in [-0.25, -0.2) is 4.98 Å². The first-order valence-corrected chi connectivity index (χ1v) is 5.52. The van der Waals surface area contributed by atoms with Gasteiger partial charge in [-0.3, -0.25) is 0 Å². The maximum atomic E-state index is 10.3. The average molecular weight is 214 g/mol. The number of fused-ring (bicyclic) bond motifs is 1. The van der Waals surface area contributed by atoms with Gasteiger partial charge in [0.25, 0.3) is 0 Å². The highest BCUT2D eigenvalue weighted by Crippen LogP contribution is 2.39. The molecule has 1 N–H and O–H groups in total. The van der Waals surface area contributed by atoms with Crippen molar-refractivity contribution in [3.63, 3.8) is 0 Å². The van der Waals surface area contributed by atoms with E-state index in [2.05, 4.69) is 15.6 Å². The van der Waals surface area contributed by atoms with Gasteiger partial charge >= 0.3 is 0 Å². The standard InChI is InChI=1S/C13H14N2O/c1-9-14-6-7-15(9)12-8-10-4-2-3-5-11(10)13(12)16/h2-7,12-13,16H,8H2,1H3. The third-order valence-corrected chi connectivity index (χ3v) is 3.39. The molecule has 1 aliphatic carbocycles. The van der Waals surface area contributed by atoms with Gasteiger partial charge in [-0.1, -0.05) is 24.3 Å². The first-order valence-electron chi connectivity index (χ1n) is 5.52. The Kier molecular flexibility index (Phi) is 2.07. The van der Waals surface area contributed by atoms with Crippen LogP contribution in [0.4, 0.5) is 0 Å². The van der Waals surface area contributed by atoms with E-state index >= 15 is 0 Å². The van der Waals surface area contributed by atoms with E-state index in [0.717, 1.165) is 17.8 Å². The first kappa shape index (κ1) is 9.60. The lowest BCUT2D eigenvalue weighted by atomic mass is 10.1. The SMILES string of the molecule is Cc1nccn1C1Cc2ccccc2C1O. The number of aliphatic hydroxyl groups is 1. The predicted molar refractivity (Wildman–Crippen MR) is 61.1 cm³/mol. The molecule has 2 atom stereocenters. The Morgan fingerprint density at radius 3 is 2.88 bits per heavy atom. The van der Waals surface area contributed by atoms with Crippen LogP contribution in [0.15, 0.2) is 36.7 Å². The lowest BCUT2D eigenvalue weighted by Gasteiger charge is -2.18. The molecule has 0 radical (unpaired) electrons. The summed E-state index contributed by atoms with van der Waals surface area (Å²) in [5.74, 6) is 0.955. The van der Waals surface area contributed by atoms with Gasteiger partial charge in [-0.05, 0) is 24.5 Å². The smallest absolute Gasteiger partial charge is 0.105 e. The Hall–Kier alpha value is -1.61. The molecular weight excluding hydrogens is 200 g/mol. The second-order valence-electron chi connectivity index (χ2n) is 4.30. The summed E-state index contributed by atoms with van der Waals surface area (Å²) >= 11 is 0. The summed E-state index contributed by atoms with van der Waals surface area (Å²) in [6.07, 6.45) is 4.19. The molecule has 0 amide bonds. The minimum absolute atomic E-state index is 0.0971. The van der Waals surface area contributed by atoms with Gasteiger partial charge in [0.1, 0.15) is 11.9 Å². The highest BCUT2D eigenvalue weighted by atomic mass is 16.3. The second kappa shape index (κ2) is 3.46. The van der Waals surface area contributed by atoms with E-state index in [0.29, 0.717) is 0 Å². The molecule has 2 unspecified atom stereocenters. The second-order valence-corrected chi connectivity index (χ2v) is 4.30. The van der Waals surface area contributed by atoms with Crippen LogP contribution in [0.25, 0.3) is 0 Å². The zero-order valence-electron chi connectivity index (χ0n) is 9.17. The summed E-state index contributed by atoms with van der Waals surface area (Å²) < 4.78 is 2.06. The molecule has 1 aromatic carbocycles. The van der Waals surface area contributed by atoms with Gasteiger partial charge in [0, 0.05) is 12.4 Å². The van der Waals surface area contributed by atoms with E-state index < -0.39 is 6.10 Å². The molecule has 3 rings (SSSR count). The monoisotopic (exact) mass is 214 g/mol. The van der Waals surface area contributed by atoms with E-state index in [1.54, 1.807) is 6.20 Å². The van der Waals surface area contributed by atoms with Gasteiger partial charge in [-0.2, -0.15) is 0 Å². The van der Waals surface area contributed by atoms with Crippen LogP contribution < -0.4 is 0 Å². The summed E-state index contributed by atoms with van der Waals surface area (Å²) in [6, 6.07) is 8.19. The average Bonchev–Trinajstić information content (AvgIpc) is 2.84. The Bertz CT molecular complexity index is 518. The van der Waals surface area contributed by atoms with Crippen molar-refractivity contribution in [2.75, 3.05) is 0 Å². The van der Waals surface area contributed by atoms with Crippen molar-refractivity contribution in [3.05, 3.63) is 53.6 Å². The van der Waals surface area contributed by atoms with Crippen molar-refractivity contribution in [1.29, 1.82) is 0 Å². The highest BCUT2D eigenvalue weighted by molar-refractivity contribution is 5.35. The number of imidazole rings is 1. The Morgan fingerprint density at radius 2 is 2.19 bits per heavy atom. The summed E-state index contributed by atoms with van der Waals surface area (Å²) in [7, 11) is 0. The lowest BCUT2D eigenvalue weighted by Crippen LogP contribution is -2.14. The fraction of sp³-hybridized carbons (Fsp3) is 0.308. The quantitative estimate of drug-likeness (QED) is 0.788. The van der Waals surface area contributed by atoms with Crippen molar-refractivity contribution in [3.8, 4) is 0 Å². The van der Waals surface area contributed by atoms with Crippen LogP contribution in [0.3, 0.4) is 0 Å². The van der Waals surface area contributed by atoms with Crippen molar-refractivity contribution < 1.29 is 5.11 Å². The summed E-state index contributed by atoms with van der Waals surface area (Å²) in [5.41, 5.74) is 2.30. The fourth-order valence-electron chi connectivity index (χ4n) is 2.54. The molecule has 0 fully saturated rings. The number of aryl methyl sites for hydroxylation is 1. The van der Waals surface area contributed by atoms with E-state index in [-0.39, 0.29) is 6.04 Å². The highest BCUT2D eigenvalue weighted by Gasteiger charge is 2.32. The van der Waals surface area contributed by atoms with E-state index in [4.69, 9.17) is 0 Å². The Labute approximate surface area is 94.4 Å². The molecular formula is C13H14N2O. The minimum Gasteiger partial charge on any atom is -0.386 e. The van der Waals surface area contributed by atoms with Crippen LogP contribution >= 0.6 is 0 Å². The van der Waals surface area contributed by atoms with Gasteiger partial charge in [0.15, 0.2) is 0 Å². The number of aliphatic hydroxyl groups excluding tert-OH is 1. The van der Waals surface area contributed by atoms with E-state index in [1.807, 2.05) is 31.3 Å². The molecule has 3 nitrogen and oxygen atoms in total. The molecule has 0 spiro atoms. The van der Waals surface area contributed by atoms with Gasteiger partial charge < -0.3 is 9.67 Å². The molecule has 2 aromatic rings. The zero-order chi connectivity index (χ0) is 11.1. The van der Waals surface area contributed by atoms with E-state index in [9.17, 15) is 5.11 Å². The molecule has 1 heterocycles. The number of benzene rings is 1. The van der Waals surface area contributed by atoms with Crippen LogP contribution in [-0.4, -0.2) is 14.7 Å². The third-order valence-electron chi connectivity index (χ3n) is 3.39. The molecule has 16 heavy (non-hydrogen) atoms. The normalized spacial score (nSPS) is 23.4. The zero-order valence-corrected chi connectivity index (χ0v) is 9.17. The lowest BCUT2D eigenvalue weighted by molar-refractivity contribution is 0.126. The molecule has 1 aromatic heterocycles. The molecule has 0 aliphatic heterocycles. The topological polar surface area (TPSA) is 38.0 Å². The van der Waals surface area contributed by atoms with Crippen molar-refractivity contribution in [2.24, 2.45) is 0 Å². The number of rotatable bonds is 1. The van der Waals surface area contributed by atoms with Crippen LogP contribution in [0.2, 0.25) is 0 Å². The fourth-order valence-corrected chi connectivity index (χ4v) is 2.54. The molecule has 0 bridgehead atoms. The Balaban J connectivity index is 2.02. The number of nitrogens with zero attached hydrogens (tertiary/aromatic N) is 2. The molecule has 1 aliphatic rings. The van der Waals surface area contributed by atoms with Crippen molar-refractivity contribution in [2.45, 2.75) is 25.5 Å². The molecule has 0 saturated carbocycles. The summed E-state index contributed by atoms with van der Waals surface area (Å²) in [5, 5.41) is 10.3. The van der Waals surface area contributed by atoms with Crippen LogP contribution in [0, 0.1) is 6.92 Å². The maximum absolute atomic E-state index is 10.3. The number of hydrogen-bond acceptors (Lipinski definition) is 2. The predicted octanol–water partition coefficient (Wildman–Crippen LogP) is 2.02. The van der Waals surface area contributed by atoms with Crippen LogP contribution in [0.1, 0.15) is 29.1 Å². The third kappa shape index (κ3) is 1.28. The maximum Gasteiger partial charge on any atom is 0.105 e. The number of aromatic nitrogens is 2. The van der Waals surface area contributed by atoms with Gasteiger partial charge in [0.05, 0.1) is 6.04 Å². The minimum atomic E-state index is -0.413. The summed E-state index contributed by atoms with van der Waals surface area (Å²) in [4.78, 5) is 4.21. The van der Waals surface area contributed by atoms with Crippen molar-refractivity contribution in [1.82, 2.24) is 9.55 Å². The molecule has 3 heteroatoms. The Morgan fingerprint density at radius 1 is 1.38 bits per heavy atom. The van der Waals surface area contributed by atoms with Crippen LogP contribution in [0.5, 0.6) is 0 Å². The largest absolute Gasteiger partial charge is 0.386 e. The first-order chi connectivity index (χ1) is 7.77.